The van der Waals surface area contributed by atoms with Crippen LogP contribution in [0.25, 0.3) is 0 Å². The average Bonchev–Trinajstić information content (AvgIpc) is 2.56. The van der Waals surface area contributed by atoms with E-state index in [1.807, 2.05) is 0 Å². The van der Waals surface area contributed by atoms with Gasteiger partial charge in [0.1, 0.15) is 6.29 Å². The fraction of sp³-hybridized carbons (Fsp3) is 0.818. The van der Waals surface area contributed by atoms with Gasteiger partial charge in [-0.2, -0.15) is 0 Å². The molecule has 1 fully saturated rings. The maximum absolute atomic E-state index is 11.6. The molecule has 0 aliphatic heterocycles. The van der Waals surface area contributed by atoms with E-state index in [0.717, 1.165) is 37.5 Å². The molecule has 0 radical (unpaired) electrons. The van der Waals surface area contributed by atoms with Crippen molar-refractivity contribution < 1.29 is 14.3 Å². The second kappa shape index (κ2) is 8.05. The molecule has 0 saturated heterocycles. The number of hydrogen-bond acceptors (Lipinski definition) is 3. The van der Waals surface area contributed by atoms with Crippen LogP contribution in [0.2, 0.25) is 0 Å². The van der Waals surface area contributed by atoms with Crippen molar-refractivity contribution in [1.29, 1.82) is 0 Å². The van der Waals surface area contributed by atoms with Crippen LogP contribution in [-0.4, -0.2) is 18.9 Å². The minimum atomic E-state index is -0.189. The van der Waals surface area contributed by atoms with Gasteiger partial charge in [0.2, 0.25) is 0 Å². The number of hydrogen-bond donors (Lipinski definition) is 0. The Labute approximate surface area is 153 Å². The van der Waals surface area contributed by atoms with Gasteiger partial charge in [-0.3, -0.25) is 9.59 Å². The lowest BCUT2D eigenvalue weighted by Gasteiger charge is -2.57. The van der Waals surface area contributed by atoms with E-state index in [1.165, 1.54) is 26.2 Å². The fourth-order valence-electron chi connectivity index (χ4n) is 5.43. The van der Waals surface area contributed by atoms with Gasteiger partial charge in [0.15, 0.2) is 0 Å². The minimum Gasteiger partial charge on any atom is -0.466 e. The molecular formula is C22H36O3. The van der Waals surface area contributed by atoms with Gasteiger partial charge in [-0.05, 0) is 72.7 Å². The van der Waals surface area contributed by atoms with Crippen molar-refractivity contribution in [3.05, 3.63) is 11.6 Å². The highest BCUT2D eigenvalue weighted by atomic mass is 16.5. The highest BCUT2D eigenvalue weighted by Crippen LogP contribution is 2.61. The zero-order valence-electron chi connectivity index (χ0n) is 16.8. The summed E-state index contributed by atoms with van der Waals surface area (Å²) in [7, 11) is 0. The van der Waals surface area contributed by atoms with Gasteiger partial charge in [-0.1, -0.05) is 40.2 Å². The molecule has 142 valence electrons. The van der Waals surface area contributed by atoms with Crippen molar-refractivity contribution in [2.75, 3.05) is 6.61 Å². The first-order chi connectivity index (χ1) is 11.7. The molecule has 0 spiro atoms. The third-order valence-corrected chi connectivity index (χ3v) is 7.49. The molecule has 0 bridgehead atoms. The van der Waals surface area contributed by atoms with E-state index in [0.29, 0.717) is 24.4 Å². The molecule has 1 unspecified atom stereocenters. The molecule has 2 aliphatic carbocycles. The number of rotatable bonds is 7. The molecular weight excluding hydrogens is 312 g/mol. The molecule has 5 atom stereocenters. The number of fused-ring (bicyclic) bond motifs is 1. The second-order valence-electron chi connectivity index (χ2n) is 9.04. The van der Waals surface area contributed by atoms with Gasteiger partial charge in [-0.25, -0.2) is 0 Å². The molecule has 3 nitrogen and oxygen atoms in total. The SMILES string of the molecule is CC(=O)OCCC(C)CC[C@@]1(C)[C@H](C)CC[C@]2(C)C(C=O)=CCC[C@H]12. The summed E-state index contributed by atoms with van der Waals surface area (Å²) in [6.07, 6.45) is 11.2. The lowest BCUT2D eigenvalue weighted by molar-refractivity contribution is -0.141. The lowest BCUT2D eigenvalue weighted by Crippen LogP contribution is -2.50. The third-order valence-electron chi connectivity index (χ3n) is 7.49. The number of ether oxygens (including phenoxy) is 1. The molecule has 0 heterocycles. The highest BCUT2D eigenvalue weighted by molar-refractivity contribution is 5.76. The Morgan fingerprint density at radius 3 is 2.72 bits per heavy atom. The van der Waals surface area contributed by atoms with Crippen molar-refractivity contribution in [2.24, 2.45) is 28.6 Å². The van der Waals surface area contributed by atoms with Gasteiger partial charge >= 0.3 is 5.97 Å². The van der Waals surface area contributed by atoms with Gasteiger partial charge in [0.25, 0.3) is 0 Å². The average molecular weight is 349 g/mol. The van der Waals surface area contributed by atoms with E-state index in [4.69, 9.17) is 4.74 Å². The molecule has 3 heteroatoms. The van der Waals surface area contributed by atoms with Crippen molar-refractivity contribution in [3.63, 3.8) is 0 Å². The van der Waals surface area contributed by atoms with Crippen molar-refractivity contribution >= 4 is 12.3 Å². The Hall–Kier alpha value is -1.12. The lowest BCUT2D eigenvalue weighted by atomic mass is 9.47. The first-order valence-corrected chi connectivity index (χ1v) is 10.0. The molecule has 0 aromatic carbocycles. The number of carbonyl (C=O) groups excluding carboxylic acids is 2. The van der Waals surface area contributed by atoms with Crippen LogP contribution in [-0.2, 0) is 14.3 Å². The van der Waals surface area contributed by atoms with Crippen LogP contribution in [0.1, 0.15) is 79.6 Å². The smallest absolute Gasteiger partial charge is 0.302 e. The molecule has 0 N–H and O–H groups in total. The molecule has 2 rings (SSSR count). The molecule has 0 aromatic rings. The quantitative estimate of drug-likeness (QED) is 0.461. The predicted octanol–water partition coefficient (Wildman–Crippen LogP) is 5.33. The summed E-state index contributed by atoms with van der Waals surface area (Å²) in [5, 5.41) is 0. The Morgan fingerprint density at radius 1 is 1.36 bits per heavy atom. The summed E-state index contributed by atoms with van der Waals surface area (Å²) in [5.74, 6) is 1.65. The van der Waals surface area contributed by atoms with Crippen LogP contribution in [0.15, 0.2) is 11.6 Å². The molecule has 25 heavy (non-hydrogen) atoms. The van der Waals surface area contributed by atoms with Crippen LogP contribution in [0.4, 0.5) is 0 Å². The second-order valence-corrected chi connectivity index (χ2v) is 9.04. The van der Waals surface area contributed by atoms with E-state index in [2.05, 4.69) is 33.8 Å². The van der Waals surface area contributed by atoms with Crippen LogP contribution in [0, 0.1) is 28.6 Å². The number of carbonyl (C=O) groups is 2. The summed E-state index contributed by atoms with van der Waals surface area (Å²) in [6, 6.07) is 0. The number of esters is 1. The number of allylic oxidation sites excluding steroid dienone is 2. The first-order valence-electron chi connectivity index (χ1n) is 10.0. The highest BCUT2D eigenvalue weighted by Gasteiger charge is 2.53. The Bertz CT molecular complexity index is 523. The largest absolute Gasteiger partial charge is 0.466 e. The molecule has 0 aromatic heterocycles. The van der Waals surface area contributed by atoms with E-state index >= 15 is 0 Å². The van der Waals surface area contributed by atoms with E-state index in [-0.39, 0.29) is 16.8 Å². The van der Waals surface area contributed by atoms with Crippen molar-refractivity contribution in [3.8, 4) is 0 Å². The van der Waals surface area contributed by atoms with Crippen LogP contribution >= 0.6 is 0 Å². The predicted molar refractivity (Wildman–Crippen MR) is 101 cm³/mol. The molecule has 0 amide bonds. The Kier molecular flexibility index (Phi) is 6.51. The monoisotopic (exact) mass is 348 g/mol. The van der Waals surface area contributed by atoms with Gasteiger partial charge in [0, 0.05) is 6.92 Å². The summed E-state index contributed by atoms with van der Waals surface area (Å²) in [5.41, 5.74) is 1.39. The summed E-state index contributed by atoms with van der Waals surface area (Å²) >= 11 is 0. The van der Waals surface area contributed by atoms with E-state index in [9.17, 15) is 9.59 Å². The van der Waals surface area contributed by atoms with Gasteiger partial charge < -0.3 is 4.74 Å². The van der Waals surface area contributed by atoms with Crippen LogP contribution in [0.5, 0.6) is 0 Å². The van der Waals surface area contributed by atoms with E-state index in [1.54, 1.807) is 0 Å². The zero-order valence-corrected chi connectivity index (χ0v) is 16.8. The maximum Gasteiger partial charge on any atom is 0.302 e. The minimum absolute atomic E-state index is 0.0578. The number of aldehydes is 1. The van der Waals surface area contributed by atoms with Gasteiger partial charge in [0.05, 0.1) is 6.61 Å². The topological polar surface area (TPSA) is 43.4 Å². The summed E-state index contributed by atoms with van der Waals surface area (Å²) in [6.45, 7) is 11.5. The standard InChI is InChI=1S/C22H36O3/c1-16(11-14-25-18(3)24)9-12-21(4)17(2)10-13-22(5)19(15-23)7-6-8-20(21)22/h7,15-17,20H,6,8-14H2,1-5H3/t16?,17-,20-,21+,22-/m1/s1. The fourth-order valence-corrected chi connectivity index (χ4v) is 5.43. The summed E-state index contributed by atoms with van der Waals surface area (Å²) in [4.78, 5) is 22.6. The van der Waals surface area contributed by atoms with Crippen molar-refractivity contribution in [2.45, 2.75) is 79.6 Å². The van der Waals surface area contributed by atoms with Gasteiger partial charge in [-0.15, -0.1) is 0 Å². The third kappa shape index (κ3) is 4.17. The normalized spacial score (nSPS) is 36.1. The van der Waals surface area contributed by atoms with Crippen molar-refractivity contribution in [1.82, 2.24) is 0 Å². The summed E-state index contributed by atoms with van der Waals surface area (Å²) < 4.78 is 5.10. The Morgan fingerprint density at radius 2 is 2.08 bits per heavy atom. The van der Waals surface area contributed by atoms with Crippen LogP contribution < -0.4 is 0 Å². The van der Waals surface area contributed by atoms with Crippen LogP contribution in [0.3, 0.4) is 0 Å². The van der Waals surface area contributed by atoms with E-state index < -0.39 is 0 Å². The first kappa shape index (κ1) is 20.2. The molecule has 1 saturated carbocycles. The Balaban J connectivity index is 2.05. The molecule has 2 aliphatic rings. The zero-order chi connectivity index (χ0) is 18.7. The maximum atomic E-state index is 11.6.